The quantitative estimate of drug-likeness (QED) is 0.190. The van der Waals surface area contributed by atoms with Crippen molar-refractivity contribution in [3.63, 3.8) is 0 Å². The molecular formula is C6H4N2O2. The molecule has 0 spiro atoms. The highest BCUT2D eigenvalue weighted by Crippen LogP contribution is 2.00. The van der Waals surface area contributed by atoms with Crippen LogP contribution in [-0.4, -0.2) is 11.0 Å². The van der Waals surface area contributed by atoms with Crippen LogP contribution in [0.1, 0.15) is 6.92 Å². The number of amides is 1. The van der Waals surface area contributed by atoms with Gasteiger partial charge in [-0.15, -0.1) is 0 Å². The van der Waals surface area contributed by atoms with Gasteiger partial charge in [-0.25, -0.2) is 0 Å². The van der Waals surface area contributed by atoms with E-state index < -0.39 is 11.7 Å². The maximum Gasteiger partial charge on any atom is 0.386 e. The number of nitrogens with zero attached hydrogens (tertiary/aromatic N) is 2. The molecule has 1 N–H and O–H groups in total. The molecule has 0 aromatic heterocycles. The Kier molecular flexibility index (Phi) is 2.67. The van der Waals surface area contributed by atoms with Crippen molar-refractivity contribution in [2.45, 2.75) is 6.92 Å². The third-order valence-electron chi connectivity index (χ3n) is 0.883. The summed E-state index contributed by atoms with van der Waals surface area (Å²) in [6.07, 6.45) is 0. The largest absolute Gasteiger partial charge is 0.500 e. The third kappa shape index (κ3) is 1.61. The molecule has 0 atom stereocenters. The Bertz CT molecular complexity index is 264. The molecule has 0 heterocycles. The number of aliphatic hydroxyl groups excluding tert-OH is 1. The number of hydrogen-bond donors (Lipinski definition) is 1. The number of carbonyl (C=O) groups excluding carboxylic acids is 1. The van der Waals surface area contributed by atoms with Crippen LogP contribution in [0.15, 0.2) is 11.3 Å². The number of nitriles is 1. The Morgan fingerprint density at radius 2 is 2.30 bits per heavy atom. The van der Waals surface area contributed by atoms with Crippen LogP contribution < -0.4 is 0 Å². The highest BCUT2D eigenvalue weighted by molar-refractivity contribution is 6.01. The molecule has 0 rings (SSSR count). The predicted molar refractivity (Wildman–Crippen MR) is 32.6 cm³/mol. The summed E-state index contributed by atoms with van der Waals surface area (Å²) in [5.41, 5.74) is -0.211. The SMILES string of the molecule is [C-]#[N+]C(=O)/C(C)=C(\O)C#N. The van der Waals surface area contributed by atoms with Crippen molar-refractivity contribution in [3.05, 3.63) is 22.7 Å². The molecular weight excluding hydrogens is 132 g/mol. The van der Waals surface area contributed by atoms with Crippen LogP contribution in [-0.2, 0) is 4.79 Å². The van der Waals surface area contributed by atoms with E-state index in [0.717, 1.165) is 0 Å². The Labute approximate surface area is 57.8 Å². The minimum atomic E-state index is -0.904. The fourth-order valence-corrected chi connectivity index (χ4v) is 0.269. The summed E-state index contributed by atoms with van der Waals surface area (Å²) in [5.74, 6) is -1.60. The number of hydrogen-bond acceptors (Lipinski definition) is 3. The monoisotopic (exact) mass is 136 g/mol. The molecule has 0 bridgehead atoms. The lowest BCUT2D eigenvalue weighted by atomic mass is 10.2. The van der Waals surface area contributed by atoms with Crippen molar-refractivity contribution >= 4 is 5.91 Å². The van der Waals surface area contributed by atoms with Gasteiger partial charge in [-0.3, -0.25) is 0 Å². The van der Waals surface area contributed by atoms with E-state index in [-0.39, 0.29) is 5.57 Å². The zero-order chi connectivity index (χ0) is 8.15. The molecule has 0 radical (unpaired) electrons. The molecule has 4 heteroatoms. The van der Waals surface area contributed by atoms with Crippen molar-refractivity contribution in [1.82, 2.24) is 0 Å². The maximum atomic E-state index is 10.4. The van der Waals surface area contributed by atoms with E-state index in [4.69, 9.17) is 16.9 Å². The first-order valence-electron chi connectivity index (χ1n) is 2.35. The first kappa shape index (κ1) is 8.19. The fourth-order valence-electron chi connectivity index (χ4n) is 0.269. The van der Waals surface area contributed by atoms with E-state index in [9.17, 15) is 4.79 Å². The van der Waals surface area contributed by atoms with E-state index in [1.165, 1.54) is 13.0 Å². The Hall–Kier alpha value is -1.81. The molecule has 0 aromatic carbocycles. The number of carbonyl (C=O) groups is 1. The summed E-state index contributed by atoms with van der Waals surface area (Å²) in [5, 5.41) is 16.6. The second kappa shape index (κ2) is 3.26. The smallest absolute Gasteiger partial charge is 0.386 e. The molecule has 0 saturated carbocycles. The molecule has 0 fully saturated rings. The molecule has 1 amide bonds. The van der Waals surface area contributed by atoms with Gasteiger partial charge in [0.1, 0.15) is 6.07 Å². The first-order valence-corrected chi connectivity index (χ1v) is 2.35. The van der Waals surface area contributed by atoms with Gasteiger partial charge in [0.05, 0.1) is 12.1 Å². The lowest BCUT2D eigenvalue weighted by molar-refractivity contribution is -0.111. The van der Waals surface area contributed by atoms with E-state index >= 15 is 0 Å². The van der Waals surface area contributed by atoms with E-state index in [0.29, 0.717) is 0 Å². The van der Waals surface area contributed by atoms with Crippen LogP contribution >= 0.6 is 0 Å². The van der Waals surface area contributed by atoms with Gasteiger partial charge >= 0.3 is 5.91 Å². The van der Waals surface area contributed by atoms with Crippen LogP contribution in [0, 0.1) is 17.9 Å². The highest BCUT2D eigenvalue weighted by Gasteiger charge is 2.07. The molecule has 4 nitrogen and oxygen atoms in total. The molecule has 0 unspecified atom stereocenters. The first-order chi connectivity index (χ1) is 4.63. The molecule has 50 valence electrons. The summed E-state index contributed by atoms with van der Waals surface area (Å²) in [4.78, 5) is 12.9. The number of rotatable bonds is 1. The van der Waals surface area contributed by atoms with Crippen LogP contribution in [0.4, 0.5) is 0 Å². The Morgan fingerprint density at radius 1 is 1.80 bits per heavy atom. The molecule has 0 aliphatic heterocycles. The van der Waals surface area contributed by atoms with Crippen molar-refractivity contribution in [2.75, 3.05) is 0 Å². The van der Waals surface area contributed by atoms with Gasteiger partial charge in [0.15, 0.2) is 5.76 Å². The normalized spacial score (nSPS) is 10.7. The van der Waals surface area contributed by atoms with Gasteiger partial charge < -0.3 is 9.90 Å². The van der Waals surface area contributed by atoms with Crippen LogP contribution in [0.25, 0.3) is 4.85 Å². The van der Waals surface area contributed by atoms with Gasteiger partial charge in [-0.2, -0.15) is 10.1 Å². The van der Waals surface area contributed by atoms with E-state index in [1.54, 1.807) is 0 Å². The van der Waals surface area contributed by atoms with Gasteiger partial charge in [0.2, 0.25) is 0 Å². The van der Waals surface area contributed by atoms with Gasteiger partial charge in [-0.1, -0.05) is 0 Å². The van der Waals surface area contributed by atoms with Crippen molar-refractivity contribution in [1.29, 1.82) is 5.26 Å². The summed E-state index contributed by atoms with van der Waals surface area (Å²) < 4.78 is 0. The zero-order valence-electron chi connectivity index (χ0n) is 5.25. The molecule has 0 saturated heterocycles. The average molecular weight is 136 g/mol. The summed E-state index contributed by atoms with van der Waals surface area (Å²) in [6, 6.07) is 1.35. The fraction of sp³-hybridized carbons (Fsp3) is 0.167. The second-order valence-electron chi connectivity index (χ2n) is 1.50. The highest BCUT2D eigenvalue weighted by atomic mass is 16.3. The standard InChI is InChI=1S/C6H4N2O2/c1-4(5(9)3-7)6(10)8-2/h9H,1H3/b5-4-. The molecule has 0 aromatic rings. The number of aliphatic hydroxyl groups is 1. The van der Waals surface area contributed by atoms with Gasteiger partial charge in [-0.05, 0) is 6.92 Å². The summed E-state index contributed by atoms with van der Waals surface area (Å²) in [6.45, 7) is 7.45. The Morgan fingerprint density at radius 3 is 2.60 bits per heavy atom. The van der Waals surface area contributed by atoms with Gasteiger partial charge in [0, 0.05) is 0 Å². The van der Waals surface area contributed by atoms with Crippen LogP contribution in [0.5, 0.6) is 0 Å². The second-order valence-corrected chi connectivity index (χ2v) is 1.50. The van der Waals surface area contributed by atoms with E-state index in [2.05, 4.69) is 4.85 Å². The summed E-state index contributed by atoms with van der Waals surface area (Å²) in [7, 11) is 0. The predicted octanol–water partition coefficient (Wildman–Crippen LogP) is 0.788. The maximum absolute atomic E-state index is 10.4. The Balaban J connectivity index is 4.73. The number of allylic oxidation sites excluding steroid dienone is 1. The summed E-state index contributed by atoms with van der Waals surface area (Å²) >= 11 is 0. The van der Waals surface area contributed by atoms with Crippen LogP contribution in [0.2, 0.25) is 0 Å². The minimum Gasteiger partial charge on any atom is -0.500 e. The van der Waals surface area contributed by atoms with Crippen molar-refractivity contribution < 1.29 is 9.90 Å². The van der Waals surface area contributed by atoms with Crippen molar-refractivity contribution in [2.24, 2.45) is 0 Å². The zero-order valence-corrected chi connectivity index (χ0v) is 5.25. The third-order valence-corrected chi connectivity index (χ3v) is 0.883. The lowest BCUT2D eigenvalue weighted by Gasteiger charge is -1.88. The topological polar surface area (TPSA) is 65.4 Å². The minimum absolute atomic E-state index is 0.211. The molecule has 0 aliphatic carbocycles. The van der Waals surface area contributed by atoms with Gasteiger partial charge in [0.25, 0.3) is 0 Å². The van der Waals surface area contributed by atoms with E-state index in [1.807, 2.05) is 0 Å². The molecule has 0 aliphatic rings. The average Bonchev–Trinajstić information content (AvgIpc) is 2.00. The molecule has 10 heavy (non-hydrogen) atoms. The lowest BCUT2D eigenvalue weighted by Crippen LogP contribution is -1.95. The van der Waals surface area contributed by atoms with Crippen molar-refractivity contribution in [3.8, 4) is 6.07 Å². The van der Waals surface area contributed by atoms with Crippen LogP contribution in [0.3, 0.4) is 0 Å².